The Morgan fingerprint density at radius 3 is 2.52 bits per heavy atom. The molecule has 0 aromatic heterocycles. The van der Waals surface area contributed by atoms with E-state index in [-0.39, 0.29) is 17.8 Å². The number of hydrogen-bond acceptors (Lipinski definition) is 5. The predicted molar refractivity (Wildman–Crippen MR) is 127 cm³/mol. The molecular formula is C24H24FN3OS2. The highest BCUT2D eigenvalue weighted by atomic mass is 32.2. The number of halogens is 1. The van der Waals surface area contributed by atoms with Crippen molar-refractivity contribution in [3.8, 4) is 0 Å². The molecule has 4 nitrogen and oxygen atoms in total. The average molecular weight is 454 g/mol. The molecule has 3 aliphatic rings. The van der Waals surface area contributed by atoms with Gasteiger partial charge in [0.15, 0.2) is 5.17 Å². The fourth-order valence-corrected chi connectivity index (χ4v) is 6.85. The fourth-order valence-electron chi connectivity index (χ4n) is 4.40. The Labute approximate surface area is 190 Å². The summed E-state index contributed by atoms with van der Waals surface area (Å²) in [6.45, 7) is 2.91. The van der Waals surface area contributed by atoms with Crippen LogP contribution in [0.25, 0.3) is 0 Å². The maximum atomic E-state index is 13.7. The van der Waals surface area contributed by atoms with Gasteiger partial charge in [-0.05, 0) is 67.9 Å². The number of hydrogen-bond donors (Lipinski definition) is 0. The number of aliphatic imine (C=N–C) groups is 1. The normalized spacial score (nSPS) is 23.2. The summed E-state index contributed by atoms with van der Waals surface area (Å²) in [6, 6.07) is 14.6. The van der Waals surface area contributed by atoms with Gasteiger partial charge in [0.1, 0.15) is 15.8 Å². The minimum atomic E-state index is -0.287. The molecule has 0 N–H and O–H groups in total. The summed E-state index contributed by atoms with van der Waals surface area (Å²) in [6.07, 6.45) is 5.50. The molecule has 0 radical (unpaired) electrons. The van der Waals surface area contributed by atoms with Crippen LogP contribution in [0.5, 0.6) is 0 Å². The van der Waals surface area contributed by atoms with Crippen molar-refractivity contribution in [2.75, 3.05) is 11.4 Å². The van der Waals surface area contributed by atoms with Gasteiger partial charge in [-0.3, -0.25) is 9.69 Å². The van der Waals surface area contributed by atoms with Crippen molar-refractivity contribution < 1.29 is 9.18 Å². The second kappa shape index (κ2) is 8.71. The van der Waals surface area contributed by atoms with Crippen molar-refractivity contribution in [2.45, 2.75) is 50.0 Å². The lowest BCUT2D eigenvalue weighted by Gasteiger charge is -2.30. The van der Waals surface area contributed by atoms with Crippen molar-refractivity contribution >= 4 is 46.0 Å². The Bertz CT molecular complexity index is 1060. The molecular weight excluding hydrogens is 429 g/mol. The third-order valence-electron chi connectivity index (χ3n) is 5.92. The number of amidine groups is 1. The molecule has 2 aliphatic heterocycles. The smallest absolute Gasteiger partial charge is 0.269 e. The molecule has 2 heterocycles. The van der Waals surface area contributed by atoms with Gasteiger partial charge in [-0.15, -0.1) is 0 Å². The van der Waals surface area contributed by atoms with Gasteiger partial charge in [-0.2, -0.15) is 0 Å². The predicted octanol–water partition coefficient (Wildman–Crippen LogP) is 6.52. The second-order valence-corrected chi connectivity index (χ2v) is 9.90. The molecule has 7 heteroatoms. The van der Waals surface area contributed by atoms with Crippen LogP contribution in [0.15, 0.2) is 68.4 Å². The molecule has 2 fully saturated rings. The molecule has 0 spiro atoms. The third-order valence-corrected chi connectivity index (χ3v) is 8.28. The zero-order valence-corrected chi connectivity index (χ0v) is 19.0. The Balaban J connectivity index is 1.56. The molecule has 0 unspecified atom stereocenters. The van der Waals surface area contributed by atoms with Gasteiger partial charge < -0.3 is 4.90 Å². The van der Waals surface area contributed by atoms with Crippen LogP contribution in [0, 0.1) is 5.82 Å². The summed E-state index contributed by atoms with van der Waals surface area (Å²) in [5.74, 6) is -0.240. The van der Waals surface area contributed by atoms with Crippen LogP contribution >= 0.6 is 23.5 Å². The standard InChI is InChI=1S/C24H24FN3OS2/c1-2-27-19-10-6-7-11-20(19)30-23(27)21-22(29)28(18-8-4-3-5-9-18)24(31-21)26-17-14-12-16(25)13-15-17/h6-7,10-15,18H,2-5,8-9H2,1H3. The molecule has 1 saturated carbocycles. The van der Waals surface area contributed by atoms with E-state index in [2.05, 4.69) is 24.0 Å². The molecule has 0 bridgehead atoms. The van der Waals surface area contributed by atoms with Gasteiger partial charge in [0.25, 0.3) is 5.91 Å². The van der Waals surface area contributed by atoms with Gasteiger partial charge in [0, 0.05) is 17.5 Å². The Kier molecular flexibility index (Phi) is 5.80. The number of amides is 1. The van der Waals surface area contributed by atoms with E-state index >= 15 is 0 Å². The quantitative estimate of drug-likeness (QED) is 0.496. The van der Waals surface area contributed by atoms with Crippen LogP contribution in [0.2, 0.25) is 0 Å². The summed E-state index contributed by atoms with van der Waals surface area (Å²) in [5, 5.41) is 1.70. The lowest BCUT2D eigenvalue weighted by atomic mass is 9.94. The number of thioether (sulfide) groups is 2. The second-order valence-electron chi connectivity index (χ2n) is 7.89. The number of nitrogens with zero attached hydrogens (tertiary/aromatic N) is 3. The highest BCUT2D eigenvalue weighted by Gasteiger charge is 2.42. The van der Waals surface area contributed by atoms with E-state index in [9.17, 15) is 9.18 Å². The molecule has 2 aromatic carbocycles. The molecule has 2 aromatic rings. The summed E-state index contributed by atoms with van der Waals surface area (Å²) in [5.41, 5.74) is 1.82. The van der Waals surface area contributed by atoms with E-state index in [4.69, 9.17) is 4.99 Å². The van der Waals surface area contributed by atoms with Crippen molar-refractivity contribution in [2.24, 2.45) is 4.99 Å². The largest absolute Gasteiger partial charge is 0.334 e. The number of benzene rings is 2. The van der Waals surface area contributed by atoms with Crippen molar-refractivity contribution in [1.29, 1.82) is 0 Å². The first-order valence-corrected chi connectivity index (χ1v) is 12.4. The number of carbonyl (C=O) groups is 1. The van der Waals surface area contributed by atoms with Crippen molar-refractivity contribution in [1.82, 2.24) is 4.90 Å². The monoisotopic (exact) mass is 453 g/mol. The van der Waals surface area contributed by atoms with Gasteiger partial charge in [-0.1, -0.05) is 43.2 Å². The van der Waals surface area contributed by atoms with E-state index in [0.717, 1.165) is 47.8 Å². The lowest BCUT2D eigenvalue weighted by molar-refractivity contribution is -0.124. The molecule has 5 rings (SSSR count). The van der Waals surface area contributed by atoms with Crippen LogP contribution < -0.4 is 4.90 Å². The van der Waals surface area contributed by atoms with Crippen LogP contribution in [0.4, 0.5) is 15.8 Å². The number of fused-ring (bicyclic) bond motifs is 1. The van der Waals surface area contributed by atoms with E-state index in [0.29, 0.717) is 10.9 Å². The van der Waals surface area contributed by atoms with Crippen LogP contribution in [-0.2, 0) is 4.79 Å². The van der Waals surface area contributed by atoms with Crippen LogP contribution in [-0.4, -0.2) is 28.6 Å². The highest BCUT2D eigenvalue weighted by molar-refractivity contribution is 8.19. The zero-order chi connectivity index (χ0) is 21.4. The Morgan fingerprint density at radius 2 is 1.77 bits per heavy atom. The summed E-state index contributed by atoms with van der Waals surface area (Å²) >= 11 is 3.12. The first-order valence-electron chi connectivity index (χ1n) is 10.8. The maximum Gasteiger partial charge on any atom is 0.269 e. The van der Waals surface area contributed by atoms with Gasteiger partial charge in [-0.25, -0.2) is 9.38 Å². The van der Waals surface area contributed by atoms with Crippen LogP contribution in [0.1, 0.15) is 39.0 Å². The molecule has 160 valence electrons. The Morgan fingerprint density at radius 1 is 1.03 bits per heavy atom. The average Bonchev–Trinajstić information content (AvgIpc) is 3.32. The minimum absolute atomic E-state index is 0.0477. The van der Waals surface area contributed by atoms with Crippen LogP contribution in [0.3, 0.4) is 0 Å². The molecule has 0 atom stereocenters. The number of anilines is 1. The number of carbonyl (C=O) groups excluding carboxylic acids is 1. The van der Waals surface area contributed by atoms with E-state index in [1.54, 1.807) is 23.9 Å². The van der Waals surface area contributed by atoms with Crippen molar-refractivity contribution in [3.05, 3.63) is 64.3 Å². The first-order chi connectivity index (χ1) is 15.2. The first kappa shape index (κ1) is 20.6. The fraction of sp³-hybridized carbons (Fsp3) is 0.333. The number of rotatable bonds is 3. The van der Waals surface area contributed by atoms with Gasteiger partial charge in [0.2, 0.25) is 0 Å². The number of para-hydroxylation sites is 1. The van der Waals surface area contributed by atoms with E-state index < -0.39 is 0 Å². The SMILES string of the molecule is CCN1C(=C2SC(=Nc3ccc(F)cc3)N(C3CCCCC3)C2=O)Sc2ccccc21. The topological polar surface area (TPSA) is 35.9 Å². The minimum Gasteiger partial charge on any atom is -0.334 e. The molecule has 1 amide bonds. The van der Waals surface area contributed by atoms with Gasteiger partial charge >= 0.3 is 0 Å². The summed E-state index contributed by atoms with van der Waals surface area (Å²) < 4.78 is 13.4. The summed E-state index contributed by atoms with van der Waals surface area (Å²) in [7, 11) is 0. The molecule has 1 saturated heterocycles. The van der Waals surface area contributed by atoms with Crippen molar-refractivity contribution in [3.63, 3.8) is 0 Å². The summed E-state index contributed by atoms with van der Waals surface area (Å²) in [4.78, 5) is 24.6. The molecule has 1 aliphatic carbocycles. The van der Waals surface area contributed by atoms with E-state index in [1.165, 1.54) is 35.2 Å². The maximum absolute atomic E-state index is 13.7. The van der Waals surface area contributed by atoms with Gasteiger partial charge in [0.05, 0.1) is 11.4 Å². The zero-order valence-electron chi connectivity index (χ0n) is 17.4. The Hall–Kier alpha value is -2.25. The highest BCUT2D eigenvalue weighted by Crippen LogP contribution is 2.51. The molecule has 31 heavy (non-hydrogen) atoms. The third kappa shape index (κ3) is 3.89. The van der Waals surface area contributed by atoms with E-state index in [1.807, 2.05) is 17.0 Å². The lowest BCUT2D eigenvalue weighted by Crippen LogP contribution is -2.40.